The van der Waals surface area contributed by atoms with Crippen LogP contribution in [0.1, 0.15) is 18.9 Å². The highest BCUT2D eigenvalue weighted by Crippen LogP contribution is 2.33. The number of hydrogen-bond acceptors (Lipinski definition) is 3. The minimum atomic E-state index is -3.41. The molecular formula is C13H20BrClN2O2S. The molecule has 0 bridgehead atoms. The fourth-order valence-electron chi connectivity index (χ4n) is 2.23. The Kier molecular flexibility index (Phi) is 5.66. The molecule has 1 aromatic rings. The number of hydrogen-bond donors (Lipinski definition) is 1. The van der Waals surface area contributed by atoms with Gasteiger partial charge in [0.05, 0.1) is 4.90 Å². The summed E-state index contributed by atoms with van der Waals surface area (Å²) in [5, 5.41) is 0. The quantitative estimate of drug-likeness (QED) is 0.872. The Morgan fingerprint density at radius 2 is 2.10 bits per heavy atom. The first-order valence-electron chi connectivity index (χ1n) is 6.25. The van der Waals surface area contributed by atoms with Crippen LogP contribution in [0.2, 0.25) is 0 Å². The van der Waals surface area contributed by atoms with Gasteiger partial charge in [-0.2, -0.15) is 4.31 Å². The van der Waals surface area contributed by atoms with Crippen molar-refractivity contribution in [1.82, 2.24) is 4.31 Å². The highest BCUT2D eigenvalue weighted by atomic mass is 79.9. The van der Waals surface area contributed by atoms with E-state index in [-0.39, 0.29) is 17.8 Å². The van der Waals surface area contributed by atoms with Crippen LogP contribution in [0, 0.1) is 12.3 Å². The molecule has 1 aromatic carbocycles. The first kappa shape index (κ1) is 17.9. The van der Waals surface area contributed by atoms with E-state index in [0.717, 1.165) is 16.5 Å². The number of aryl methyl sites for hydroxylation is 1. The summed E-state index contributed by atoms with van der Waals surface area (Å²) in [4.78, 5) is 0.339. The highest BCUT2D eigenvalue weighted by Gasteiger charge is 2.38. The van der Waals surface area contributed by atoms with Crippen LogP contribution in [-0.2, 0) is 10.0 Å². The van der Waals surface area contributed by atoms with Crippen LogP contribution < -0.4 is 5.73 Å². The molecule has 1 fully saturated rings. The standard InChI is InChI=1S/C13H19BrN2O2S.ClH/c1-10-3-4-11(7-12(10)14)19(17,18)16-6-5-13(2,8-15)9-16;/h3-4,7H,5-6,8-9,15H2,1-2H3;1H. The maximum absolute atomic E-state index is 12.6. The van der Waals surface area contributed by atoms with Crippen LogP contribution in [0.5, 0.6) is 0 Å². The zero-order chi connectivity index (χ0) is 14.3. The summed E-state index contributed by atoms with van der Waals surface area (Å²) >= 11 is 3.38. The van der Waals surface area contributed by atoms with Crippen molar-refractivity contribution < 1.29 is 8.42 Å². The highest BCUT2D eigenvalue weighted by molar-refractivity contribution is 9.10. The Morgan fingerprint density at radius 1 is 1.45 bits per heavy atom. The average Bonchev–Trinajstić information content (AvgIpc) is 2.77. The number of rotatable bonds is 3. The minimum Gasteiger partial charge on any atom is -0.330 e. The second-order valence-corrected chi connectivity index (χ2v) is 8.31. The van der Waals surface area contributed by atoms with E-state index in [0.29, 0.717) is 24.5 Å². The Hall–Kier alpha value is -0.140. The normalized spacial score (nSPS) is 23.6. The van der Waals surface area contributed by atoms with Crippen LogP contribution in [0.4, 0.5) is 0 Å². The fourth-order valence-corrected chi connectivity index (χ4v) is 4.38. The topological polar surface area (TPSA) is 63.4 Å². The van der Waals surface area contributed by atoms with E-state index in [1.807, 2.05) is 19.9 Å². The van der Waals surface area contributed by atoms with Crippen LogP contribution in [-0.4, -0.2) is 32.4 Å². The van der Waals surface area contributed by atoms with Gasteiger partial charge in [0.15, 0.2) is 0 Å². The molecule has 2 N–H and O–H groups in total. The Labute approximate surface area is 135 Å². The van der Waals surface area contributed by atoms with E-state index in [1.54, 1.807) is 12.1 Å². The number of halogens is 2. The molecule has 1 aliphatic heterocycles. The van der Waals surface area contributed by atoms with Crippen molar-refractivity contribution in [2.75, 3.05) is 19.6 Å². The van der Waals surface area contributed by atoms with Gasteiger partial charge in [0.25, 0.3) is 0 Å². The molecule has 20 heavy (non-hydrogen) atoms. The maximum Gasteiger partial charge on any atom is 0.243 e. The molecule has 1 heterocycles. The molecule has 1 unspecified atom stereocenters. The van der Waals surface area contributed by atoms with Gasteiger partial charge in [-0.1, -0.05) is 28.9 Å². The maximum atomic E-state index is 12.6. The van der Waals surface area contributed by atoms with E-state index in [9.17, 15) is 8.42 Å². The summed E-state index contributed by atoms with van der Waals surface area (Å²) in [6.45, 7) is 5.52. The zero-order valence-corrected chi connectivity index (χ0v) is 14.8. The smallest absolute Gasteiger partial charge is 0.243 e. The second kappa shape index (κ2) is 6.32. The lowest BCUT2D eigenvalue weighted by Gasteiger charge is -2.22. The number of nitrogens with two attached hydrogens (primary N) is 1. The monoisotopic (exact) mass is 382 g/mol. The van der Waals surface area contributed by atoms with Crippen molar-refractivity contribution >= 4 is 38.4 Å². The van der Waals surface area contributed by atoms with Crippen LogP contribution in [0.3, 0.4) is 0 Å². The van der Waals surface area contributed by atoms with E-state index in [2.05, 4.69) is 15.9 Å². The van der Waals surface area contributed by atoms with Gasteiger partial charge in [-0.3, -0.25) is 0 Å². The first-order valence-corrected chi connectivity index (χ1v) is 8.48. The second-order valence-electron chi connectivity index (χ2n) is 5.51. The van der Waals surface area contributed by atoms with Gasteiger partial charge in [0, 0.05) is 17.6 Å². The van der Waals surface area contributed by atoms with Gasteiger partial charge < -0.3 is 5.73 Å². The molecule has 1 saturated heterocycles. The van der Waals surface area contributed by atoms with Crippen LogP contribution >= 0.6 is 28.3 Å². The Bertz CT molecular complexity index is 594. The van der Waals surface area contributed by atoms with Crippen molar-refractivity contribution in [2.24, 2.45) is 11.1 Å². The van der Waals surface area contributed by atoms with Crippen LogP contribution in [0.15, 0.2) is 27.6 Å². The molecule has 1 atom stereocenters. The third-order valence-electron chi connectivity index (χ3n) is 3.80. The summed E-state index contributed by atoms with van der Waals surface area (Å²) in [7, 11) is -3.41. The van der Waals surface area contributed by atoms with Crippen molar-refractivity contribution in [1.29, 1.82) is 0 Å². The van der Waals surface area contributed by atoms with Gasteiger partial charge >= 0.3 is 0 Å². The van der Waals surface area contributed by atoms with E-state index < -0.39 is 10.0 Å². The third-order valence-corrected chi connectivity index (χ3v) is 6.49. The van der Waals surface area contributed by atoms with Crippen molar-refractivity contribution in [3.8, 4) is 0 Å². The van der Waals surface area contributed by atoms with Gasteiger partial charge in [0.2, 0.25) is 10.0 Å². The summed E-state index contributed by atoms with van der Waals surface area (Å²) in [6.07, 6.45) is 0.815. The van der Waals surface area contributed by atoms with E-state index in [1.165, 1.54) is 4.31 Å². The molecule has 7 heteroatoms. The lowest BCUT2D eigenvalue weighted by atomic mass is 9.90. The molecule has 0 aromatic heterocycles. The molecule has 0 aliphatic carbocycles. The SMILES string of the molecule is Cc1ccc(S(=O)(=O)N2CCC(C)(CN)C2)cc1Br.Cl. The molecule has 0 spiro atoms. The largest absolute Gasteiger partial charge is 0.330 e. The van der Waals surface area contributed by atoms with Gasteiger partial charge in [-0.05, 0) is 43.0 Å². The molecule has 0 saturated carbocycles. The number of sulfonamides is 1. The Morgan fingerprint density at radius 3 is 2.60 bits per heavy atom. The molecule has 4 nitrogen and oxygen atoms in total. The summed E-state index contributed by atoms with van der Waals surface area (Å²) in [5.41, 5.74) is 6.65. The molecule has 1 aliphatic rings. The van der Waals surface area contributed by atoms with Crippen molar-refractivity contribution in [3.63, 3.8) is 0 Å². The number of nitrogens with zero attached hydrogens (tertiary/aromatic N) is 1. The third kappa shape index (κ3) is 3.36. The predicted octanol–water partition coefficient (Wildman–Crippen LogP) is 2.54. The first-order chi connectivity index (χ1) is 8.78. The molecule has 0 radical (unpaired) electrons. The van der Waals surface area contributed by atoms with E-state index in [4.69, 9.17) is 5.73 Å². The molecule has 0 amide bonds. The summed E-state index contributed by atoms with van der Waals surface area (Å²) < 4.78 is 27.5. The predicted molar refractivity (Wildman–Crippen MR) is 86.7 cm³/mol. The molecule has 2 rings (SSSR count). The minimum absolute atomic E-state index is 0. The molecule has 114 valence electrons. The zero-order valence-electron chi connectivity index (χ0n) is 11.6. The molecular weight excluding hydrogens is 364 g/mol. The van der Waals surface area contributed by atoms with Gasteiger partial charge in [-0.15, -0.1) is 12.4 Å². The fraction of sp³-hybridized carbons (Fsp3) is 0.538. The summed E-state index contributed by atoms with van der Waals surface area (Å²) in [5.74, 6) is 0. The summed E-state index contributed by atoms with van der Waals surface area (Å²) in [6, 6.07) is 5.14. The van der Waals surface area contributed by atoms with Crippen molar-refractivity contribution in [3.05, 3.63) is 28.2 Å². The van der Waals surface area contributed by atoms with Crippen LogP contribution in [0.25, 0.3) is 0 Å². The van der Waals surface area contributed by atoms with Gasteiger partial charge in [-0.25, -0.2) is 8.42 Å². The van der Waals surface area contributed by atoms with Crippen molar-refractivity contribution in [2.45, 2.75) is 25.2 Å². The Balaban J connectivity index is 0.00000200. The number of benzene rings is 1. The lowest BCUT2D eigenvalue weighted by Crippen LogP contribution is -2.34. The average molecular weight is 384 g/mol. The lowest BCUT2D eigenvalue weighted by molar-refractivity contribution is 0.349. The van der Waals surface area contributed by atoms with E-state index >= 15 is 0 Å². The van der Waals surface area contributed by atoms with Gasteiger partial charge in [0.1, 0.15) is 0 Å².